The Hall–Kier alpha value is -3.26. The van der Waals surface area contributed by atoms with Gasteiger partial charge in [0.1, 0.15) is 10.7 Å². The van der Waals surface area contributed by atoms with E-state index >= 15 is 0 Å². The molecule has 29 heavy (non-hydrogen) atoms. The normalized spacial score (nSPS) is 11.4. The van der Waals surface area contributed by atoms with Crippen LogP contribution in [0.1, 0.15) is 19.4 Å². The third kappa shape index (κ3) is 4.12. The van der Waals surface area contributed by atoms with Crippen molar-refractivity contribution in [3.05, 3.63) is 60.4 Å². The number of rotatable bonds is 6. The van der Waals surface area contributed by atoms with Gasteiger partial charge in [-0.3, -0.25) is 0 Å². The van der Waals surface area contributed by atoms with E-state index in [1.165, 1.54) is 0 Å². The number of aromatic amines is 1. The first kappa shape index (κ1) is 19.1. The summed E-state index contributed by atoms with van der Waals surface area (Å²) in [5, 5.41) is 13.3. The lowest BCUT2D eigenvalue weighted by molar-refractivity contribution is 0.614. The van der Waals surface area contributed by atoms with Crippen LogP contribution in [-0.2, 0) is 16.5 Å². The number of H-pyrrole nitrogens is 1. The van der Waals surface area contributed by atoms with Crippen molar-refractivity contribution in [3.63, 3.8) is 0 Å². The molecule has 2 heterocycles. The molecule has 0 spiro atoms. The number of nitrogens with one attached hydrogen (secondary N) is 2. The maximum absolute atomic E-state index is 10.9. The number of benzene rings is 2. The molecule has 0 amide bonds. The van der Waals surface area contributed by atoms with Crippen molar-refractivity contribution >= 4 is 27.3 Å². The summed E-state index contributed by atoms with van der Waals surface area (Å²) in [6, 6.07) is 13.8. The summed E-state index contributed by atoms with van der Waals surface area (Å²) in [7, 11) is -2.43. The van der Waals surface area contributed by atoms with Crippen molar-refractivity contribution in [3.8, 4) is 22.6 Å². The highest BCUT2D eigenvalue weighted by molar-refractivity contribution is 7.71. The lowest BCUT2D eigenvalue weighted by Crippen LogP contribution is -2.12. The maximum Gasteiger partial charge on any atom is 0.160 e. The minimum Gasteiger partial charge on any atom is -0.380 e. The summed E-state index contributed by atoms with van der Waals surface area (Å²) < 4.78 is 21.8. The summed E-state index contributed by atoms with van der Waals surface area (Å²) in [5.41, 5.74) is 5.10. The summed E-state index contributed by atoms with van der Waals surface area (Å²) in [6.07, 6.45) is 3.45. The van der Waals surface area contributed by atoms with Gasteiger partial charge in [0.2, 0.25) is 0 Å². The monoisotopic (exact) mass is 407 g/mol. The highest BCUT2D eigenvalue weighted by atomic mass is 32.2. The minimum absolute atomic E-state index is 0.0542. The van der Waals surface area contributed by atoms with Crippen LogP contribution >= 0.6 is 0 Å². The molecule has 2 aromatic carbocycles. The van der Waals surface area contributed by atoms with Gasteiger partial charge in [-0.25, -0.2) is 13.4 Å². The molecule has 0 fully saturated rings. The Morgan fingerprint density at radius 1 is 1.03 bits per heavy atom. The molecule has 2 N–H and O–H groups in total. The van der Waals surface area contributed by atoms with Crippen LogP contribution in [0.5, 0.6) is 0 Å². The van der Waals surface area contributed by atoms with Gasteiger partial charge in [0.25, 0.3) is 0 Å². The zero-order valence-corrected chi connectivity index (χ0v) is 17.0. The molecular weight excluding hydrogens is 386 g/mol. The third-order valence-electron chi connectivity index (χ3n) is 4.52. The number of thiol groups is 1. The van der Waals surface area contributed by atoms with Crippen molar-refractivity contribution in [1.82, 2.24) is 20.2 Å². The molecule has 0 atom stereocenters. The fourth-order valence-corrected chi connectivity index (χ4v) is 3.74. The molecule has 0 saturated heterocycles. The molecule has 4 rings (SSSR count). The fourth-order valence-electron chi connectivity index (χ4n) is 3.23. The van der Waals surface area contributed by atoms with E-state index in [9.17, 15) is 8.42 Å². The van der Waals surface area contributed by atoms with E-state index in [0.29, 0.717) is 11.5 Å². The lowest BCUT2D eigenvalue weighted by atomic mass is 10.0. The number of imidazole rings is 1. The number of hydrogen-bond acceptors (Lipinski definition) is 6. The second-order valence-corrected chi connectivity index (χ2v) is 8.06. The zero-order chi connectivity index (χ0) is 20.4. The van der Waals surface area contributed by atoms with Gasteiger partial charge in [-0.2, -0.15) is 0 Å². The van der Waals surface area contributed by atoms with E-state index in [0.717, 1.165) is 33.3 Å². The van der Waals surface area contributed by atoms with Gasteiger partial charge in [0.15, 0.2) is 11.5 Å². The second-order valence-electron chi connectivity index (χ2n) is 7.08. The van der Waals surface area contributed by atoms with Gasteiger partial charge in [-0.05, 0) is 42.7 Å². The first-order valence-electron chi connectivity index (χ1n) is 9.29. The lowest BCUT2D eigenvalue weighted by Gasteiger charge is -2.15. The van der Waals surface area contributed by atoms with Crippen LogP contribution in [0, 0.1) is 0 Å². The molecule has 0 aliphatic heterocycles. The van der Waals surface area contributed by atoms with Crippen molar-refractivity contribution in [2.24, 2.45) is 0 Å². The van der Waals surface area contributed by atoms with Crippen LogP contribution in [0.25, 0.3) is 33.5 Å². The molecule has 0 aliphatic carbocycles. The standard InChI is InChI=1S/C21H21N5O2S/c1-13(2)24-19-17-8-7-16(15-5-3-14(4-6-15)12-29(27)28)11-18(17)25-26-20(19)21-22-9-10-23-21/h3-11,13,29H,12H2,1-2H3,(H,22,23)(H,24,25). The van der Waals surface area contributed by atoms with Gasteiger partial charge in [-0.15, -0.1) is 10.2 Å². The van der Waals surface area contributed by atoms with Gasteiger partial charge >= 0.3 is 0 Å². The SMILES string of the molecule is CC(C)Nc1c(-c2ncc[nH]2)nnc2cc(-c3ccc(C[SH](=O)=O)cc3)ccc12. The molecule has 8 heteroatoms. The molecule has 7 nitrogen and oxygen atoms in total. The Kier molecular flexibility index (Phi) is 5.26. The van der Waals surface area contributed by atoms with Crippen LogP contribution in [0.3, 0.4) is 0 Å². The number of hydrogen-bond donors (Lipinski definition) is 3. The van der Waals surface area contributed by atoms with Gasteiger partial charge in [0, 0.05) is 23.8 Å². The van der Waals surface area contributed by atoms with E-state index in [1.54, 1.807) is 12.4 Å². The summed E-state index contributed by atoms with van der Waals surface area (Å²) in [4.78, 5) is 7.40. The summed E-state index contributed by atoms with van der Waals surface area (Å²) in [6.45, 7) is 4.15. The average Bonchev–Trinajstić information content (AvgIpc) is 3.22. The quantitative estimate of drug-likeness (QED) is 0.422. The molecule has 0 radical (unpaired) electrons. The number of nitrogens with zero attached hydrogens (tertiary/aromatic N) is 3. The number of fused-ring (bicyclic) bond motifs is 1. The fraction of sp³-hybridized carbons (Fsp3) is 0.190. The highest BCUT2D eigenvalue weighted by Crippen LogP contribution is 2.33. The molecule has 2 aromatic heterocycles. The Balaban J connectivity index is 1.77. The van der Waals surface area contributed by atoms with Crippen molar-refractivity contribution < 1.29 is 8.42 Å². The molecule has 148 valence electrons. The Labute approximate surface area is 170 Å². The van der Waals surface area contributed by atoms with Crippen LogP contribution in [-0.4, -0.2) is 34.6 Å². The Morgan fingerprint density at radius 3 is 2.45 bits per heavy atom. The van der Waals surface area contributed by atoms with E-state index in [4.69, 9.17) is 0 Å². The van der Waals surface area contributed by atoms with Crippen LogP contribution in [0.2, 0.25) is 0 Å². The van der Waals surface area contributed by atoms with E-state index in [2.05, 4.69) is 39.3 Å². The van der Waals surface area contributed by atoms with Crippen molar-refractivity contribution in [2.75, 3.05) is 5.32 Å². The third-order valence-corrected chi connectivity index (χ3v) is 5.14. The summed E-state index contributed by atoms with van der Waals surface area (Å²) in [5.74, 6) is 0.720. The van der Waals surface area contributed by atoms with Crippen LogP contribution in [0.15, 0.2) is 54.9 Å². The molecule has 0 unspecified atom stereocenters. The topological polar surface area (TPSA) is 101 Å². The van der Waals surface area contributed by atoms with E-state index in [1.807, 2.05) is 42.5 Å². The van der Waals surface area contributed by atoms with Crippen molar-refractivity contribution in [1.29, 1.82) is 0 Å². The number of anilines is 1. The minimum atomic E-state index is -2.43. The van der Waals surface area contributed by atoms with Crippen LogP contribution in [0.4, 0.5) is 5.69 Å². The zero-order valence-electron chi connectivity index (χ0n) is 16.1. The predicted molar refractivity (Wildman–Crippen MR) is 115 cm³/mol. The first-order valence-corrected chi connectivity index (χ1v) is 10.7. The average molecular weight is 407 g/mol. The maximum atomic E-state index is 10.9. The molecule has 0 aliphatic rings. The second kappa shape index (κ2) is 8.00. The van der Waals surface area contributed by atoms with Crippen molar-refractivity contribution in [2.45, 2.75) is 25.6 Å². The largest absolute Gasteiger partial charge is 0.380 e. The highest BCUT2D eigenvalue weighted by Gasteiger charge is 2.16. The van der Waals surface area contributed by atoms with Gasteiger partial charge in [-0.1, -0.05) is 30.3 Å². The Morgan fingerprint density at radius 2 is 1.79 bits per heavy atom. The molecular formula is C21H21N5O2S. The van der Waals surface area contributed by atoms with E-state index < -0.39 is 10.7 Å². The molecule has 4 aromatic rings. The smallest absolute Gasteiger partial charge is 0.160 e. The molecule has 0 bridgehead atoms. The Bertz CT molecular complexity index is 1210. The number of aromatic nitrogens is 4. The van der Waals surface area contributed by atoms with E-state index in [-0.39, 0.29) is 11.8 Å². The van der Waals surface area contributed by atoms with Gasteiger partial charge in [0.05, 0.1) is 17.0 Å². The first-order chi connectivity index (χ1) is 14.0. The summed E-state index contributed by atoms with van der Waals surface area (Å²) >= 11 is 0. The van der Waals surface area contributed by atoms with Crippen LogP contribution < -0.4 is 5.32 Å². The molecule has 0 saturated carbocycles. The predicted octanol–water partition coefficient (Wildman–Crippen LogP) is 3.62. The van der Waals surface area contributed by atoms with Gasteiger partial charge < -0.3 is 10.3 Å².